The summed E-state index contributed by atoms with van der Waals surface area (Å²) in [7, 11) is 0. The standard InChI is InChI=1S/C16H23N3O/c1-3-16(4-2)10-13(8-9-20-16)19-14-7-5-6-12(11-17)15(14)18/h5-7,13,19H,3-4,8-10,18H2,1-2H3. The lowest BCUT2D eigenvalue weighted by molar-refractivity contribution is -0.0864. The largest absolute Gasteiger partial charge is 0.396 e. The van der Waals surface area contributed by atoms with Gasteiger partial charge in [-0.25, -0.2) is 0 Å². The second-order valence-electron chi connectivity index (χ2n) is 5.45. The first kappa shape index (κ1) is 14.7. The predicted molar refractivity (Wildman–Crippen MR) is 81.5 cm³/mol. The maximum atomic E-state index is 9.03. The molecule has 1 saturated heterocycles. The first-order valence-corrected chi connectivity index (χ1v) is 7.33. The lowest BCUT2D eigenvalue weighted by Gasteiger charge is -2.40. The Hall–Kier alpha value is -1.73. The molecule has 3 N–H and O–H groups in total. The van der Waals surface area contributed by atoms with E-state index in [0.717, 1.165) is 38.0 Å². The van der Waals surface area contributed by atoms with E-state index >= 15 is 0 Å². The van der Waals surface area contributed by atoms with Crippen LogP contribution in [-0.2, 0) is 4.74 Å². The molecule has 0 spiro atoms. The number of nitriles is 1. The topological polar surface area (TPSA) is 71.1 Å². The SMILES string of the molecule is CCC1(CC)CC(Nc2cccc(C#N)c2N)CCO1. The molecule has 0 radical (unpaired) electrons. The van der Waals surface area contributed by atoms with Crippen LogP contribution in [0.25, 0.3) is 0 Å². The molecular formula is C16H23N3O. The summed E-state index contributed by atoms with van der Waals surface area (Å²) in [5, 5.41) is 12.5. The highest BCUT2D eigenvalue weighted by Crippen LogP contribution is 2.34. The average molecular weight is 273 g/mol. The number of nitrogens with one attached hydrogen (secondary N) is 1. The zero-order valence-corrected chi connectivity index (χ0v) is 12.3. The molecule has 1 fully saturated rings. The van der Waals surface area contributed by atoms with Crippen molar-refractivity contribution in [2.75, 3.05) is 17.7 Å². The van der Waals surface area contributed by atoms with Crippen LogP contribution in [0.5, 0.6) is 0 Å². The lowest BCUT2D eigenvalue weighted by Crippen LogP contribution is -2.43. The van der Waals surface area contributed by atoms with Gasteiger partial charge in [0, 0.05) is 12.6 Å². The Bertz CT molecular complexity index is 503. The van der Waals surface area contributed by atoms with Gasteiger partial charge < -0.3 is 15.8 Å². The summed E-state index contributed by atoms with van der Waals surface area (Å²) in [6, 6.07) is 8.01. The predicted octanol–water partition coefficient (Wildman–Crippen LogP) is 3.29. The van der Waals surface area contributed by atoms with Crippen molar-refractivity contribution in [3.8, 4) is 6.07 Å². The van der Waals surface area contributed by atoms with Crippen LogP contribution in [0.2, 0.25) is 0 Å². The smallest absolute Gasteiger partial charge is 0.101 e. The highest BCUT2D eigenvalue weighted by Gasteiger charge is 2.34. The Morgan fingerprint density at radius 3 is 2.85 bits per heavy atom. The fraction of sp³-hybridized carbons (Fsp3) is 0.562. The molecule has 20 heavy (non-hydrogen) atoms. The van der Waals surface area contributed by atoms with Crippen molar-refractivity contribution in [1.29, 1.82) is 5.26 Å². The molecule has 4 nitrogen and oxygen atoms in total. The van der Waals surface area contributed by atoms with E-state index in [0.29, 0.717) is 17.3 Å². The Morgan fingerprint density at radius 1 is 1.45 bits per heavy atom. The molecular weight excluding hydrogens is 250 g/mol. The summed E-state index contributed by atoms with van der Waals surface area (Å²) in [5.41, 5.74) is 7.94. The van der Waals surface area contributed by atoms with E-state index in [9.17, 15) is 0 Å². The van der Waals surface area contributed by atoms with Crippen molar-refractivity contribution in [2.24, 2.45) is 0 Å². The third-order valence-corrected chi connectivity index (χ3v) is 4.37. The molecule has 1 aliphatic heterocycles. The number of nitrogens with zero attached hydrogens (tertiary/aromatic N) is 1. The molecule has 2 rings (SSSR count). The van der Waals surface area contributed by atoms with Gasteiger partial charge in [0.25, 0.3) is 0 Å². The third kappa shape index (κ3) is 2.88. The van der Waals surface area contributed by atoms with E-state index in [1.54, 1.807) is 6.07 Å². The summed E-state index contributed by atoms with van der Waals surface area (Å²) in [6.07, 6.45) is 4.00. The number of benzene rings is 1. The van der Waals surface area contributed by atoms with Gasteiger partial charge in [-0.05, 0) is 37.8 Å². The summed E-state index contributed by atoms with van der Waals surface area (Å²) in [6.45, 7) is 5.13. The number of nitrogens with two attached hydrogens (primary N) is 1. The van der Waals surface area contributed by atoms with Crippen LogP contribution in [0.15, 0.2) is 18.2 Å². The highest BCUT2D eigenvalue weighted by atomic mass is 16.5. The minimum atomic E-state index is -0.0164. The van der Waals surface area contributed by atoms with Crippen LogP contribution in [0.3, 0.4) is 0 Å². The van der Waals surface area contributed by atoms with Gasteiger partial charge in [-0.2, -0.15) is 5.26 Å². The number of anilines is 2. The van der Waals surface area contributed by atoms with Crippen molar-refractivity contribution in [3.05, 3.63) is 23.8 Å². The third-order valence-electron chi connectivity index (χ3n) is 4.37. The molecule has 1 aromatic carbocycles. The van der Waals surface area contributed by atoms with Gasteiger partial charge in [0.1, 0.15) is 6.07 Å². The zero-order valence-electron chi connectivity index (χ0n) is 12.3. The van der Waals surface area contributed by atoms with Crippen molar-refractivity contribution in [2.45, 2.75) is 51.2 Å². The molecule has 0 aliphatic carbocycles. The lowest BCUT2D eigenvalue weighted by atomic mass is 9.86. The molecule has 1 heterocycles. The second-order valence-corrected chi connectivity index (χ2v) is 5.45. The molecule has 0 aromatic heterocycles. The summed E-state index contributed by atoms with van der Waals surface area (Å²) < 4.78 is 5.98. The van der Waals surface area contributed by atoms with E-state index in [1.165, 1.54) is 0 Å². The van der Waals surface area contributed by atoms with Crippen molar-refractivity contribution in [3.63, 3.8) is 0 Å². The molecule has 1 aromatic rings. The number of ether oxygens (including phenoxy) is 1. The maximum absolute atomic E-state index is 9.03. The van der Waals surface area contributed by atoms with E-state index in [4.69, 9.17) is 15.7 Å². The Morgan fingerprint density at radius 2 is 2.20 bits per heavy atom. The molecule has 0 amide bonds. The fourth-order valence-corrected chi connectivity index (χ4v) is 2.90. The van der Waals surface area contributed by atoms with Crippen LogP contribution in [0, 0.1) is 11.3 Å². The number of nitrogen functional groups attached to an aromatic ring is 1. The molecule has 0 bridgehead atoms. The van der Waals surface area contributed by atoms with Crippen molar-refractivity contribution >= 4 is 11.4 Å². The van der Waals surface area contributed by atoms with Gasteiger partial charge in [0.15, 0.2) is 0 Å². The van der Waals surface area contributed by atoms with E-state index < -0.39 is 0 Å². The van der Waals surface area contributed by atoms with Gasteiger partial charge >= 0.3 is 0 Å². The van der Waals surface area contributed by atoms with E-state index in [2.05, 4.69) is 25.2 Å². The van der Waals surface area contributed by atoms with E-state index in [-0.39, 0.29) is 5.60 Å². The van der Waals surface area contributed by atoms with Crippen molar-refractivity contribution < 1.29 is 4.74 Å². The first-order chi connectivity index (χ1) is 9.64. The van der Waals surface area contributed by atoms with Crippen LogP contribution in [0.1, 0.15) is 45.1 Å². The quantitative estimate of drug-likeness (QED) is 0.826. The number of hydrogen-bond donors (Lipinski definition) is 2. The summed E-state index contributed by atoms with van der Waals surface area (Å²) in [4.78, 5) is 0. The average Bonchev–Trinajstić information content (AvgIpc) is 2.49. The Labute approximate surface area is 120 Å². The number of rotatable bonds is 4. The van der Waals surface area contributed by atoms with E-state index in [1.807, 2.05) is 12.1 Å². The summed E-state index contributed by atoms with van der Waals surface area (Å²) >= 11 is 0. The number of hydrogen-bond acceptors (Lipinski definition) is 4. The van der Waals surface area contributed by atoms with Crippen LogP contribution in [0.4, 0.5) is 11.4 Å². The number of para-hydroxylation sites is 1. The van der Waals surface area contributed by atoms with Crippen LogP contribution < -0.4 is 11.1 Å². The molecule has 4 heteroatoms. The minimum absolute atomic E-state index is 0.0164. The highest BCUT2D eigenvalue weighted by molar-refractivity contribution is 5.73. The van der Waals surface area contributed by atoms with Gasteiger partial charge in [0.05, 0.1) is 22.5 Å². The van der Waals surface area contributed by atoms with Crippen LogP contribution >= 0.6 is 0 Å². The van der Waals surface area contributed by atoms with Crippen LogP contribution in [-0.4, -0.2) is 18.2 Å². The fourth-order valence-electron chi connectivity index (χ4n) is 2.90. The maximum Gasteiger partial charge on any atom is 0.101 e. The molecule has 1 atom stereocenters. The molecule has 108 valence electrons. The van der Waals surface area contributed by atoms with Gasteiger partial charge in [-0.1, -0.05) is 19.9 Å². The zero-order chi connectivity index (χ0) is 14.6. The van der Waals surface area contributed by atoms with Gasteiger partial charge in [-0.3, -0.25) is 0 Å². The Kier molecular flexibility index (Phi) is 4.51. The first-order valence-electron chi connectivity index (χ1n) is 7.33. The normalized spacial score (nSPS) is 21.1. The monoisotopic (exact) mass is 273 g/mol. The minimum Gasteiger partial charge on any atom is -0.396 e. The van der Waals surface area contributed by atoms with Crippen molar-refractivity contribution in [1.82, 2.24) is 0 Å². The van der Waals surface area contributed by atoms with Gasteiger partial charge in [0.2, 0.25) is 0 Å². The molecule has 1 aliphatic rings. The van der Waals surface area contributed by atoms with Gasteiger partial charge in [-0.15, -0.1) is 0 Å². The molecule has 0 saturated carbocycles. The summed E-state index contributed by atoms with van der Waals surface area (Å²) in [5.74, 6) is 0. The second kappa shape index (κ2) is 6.15. The molecule has 1 unspecified atom stereocenters. The Balaban J connectivity index is 2.13.